The molecule has 21 heavy (non-hydrogen) atoms. The molecule has 2 rings (SSSR count). The van der Waals surface area contributed by atoms with Crippen molar-refractivity contribution in [1.82, 2.24) is 14.9 Å². The Morgan fingerprint density at radius 1 is 1.24 bits per heavy atom. The van der Waals surface area contributed by atoms with Gasteiger partial charge in [0.15, 0.2) is 0 Å². The monoisotopic (exact) mass is 285 g/mol. The first kappa shape index (κ1) is 15.8. The fraction of sp³-hybridized carbons (Fsp3) is 0.500. The van der Waals surface area contributed by atoms with E-state index in [4.69, 9.17) is 0 Å². The maximum atomic E-state index is 4.53. The van der Waals surface area contributed by atoms with Gasteiger partial charge < -0.3 is 9.88 Å². The Bertz CT molecular complexity index is 572. The Hall–Kier alpha value is -1.61. The van der Waals surface area contributed by atoms with E-state index in [1.54, 1.807) is 0 Å². The predicted octanol–water partition coefficient (Wildman–Crippen LogP) is 3.80. The smallest absolute Gasteiger partial charge is 0.110 e. The standard InChI is InChI=1S/C18H27N3/c1-5-9-19-17(13-18-20-10-11-21(18)6-2)16-8-7-14(3)12-15(16)4/h7-8,10-12,17,19H,5-6,9,13H2,1-4H3. The Labute approximate surface area is 128 Å². The van der Waals surface area contributed by atoms with Crippen LogP contribution in [0.15, 0.2) is 30.6 Å². The van der Waals surface area contributed by atoms with Gasteiger partial charge in [-0.2, -0.15) is 0 Å². The highest BCUT2D eigenvalue weighted by Gasteiger charge is 2.16. The van der Waals surface area contributed by atoms with E-state index in [-0.39, 0.29) is 0 Å². The minimum absolute atomic E-state index is 0.332. The van der Waals surface area contributed by atoms with Crippen LogP contribution in [0.5, 0.6) is 0 Å². The van der Waals surface area contributed by atoms with Gasteiger partial charge in [-0.25, -0.2) is 4.98 Å². The number of aromatic nitrogens is 2. The summed E-state index contributed by atoms with van der Waals surface area (Å²) in [6, 6.07) is 7.06. The van der Waals surface area contributed by atoms with Crippen LogP contribution in [0.4, 0.5) is 0 Å². The van der Waals surface area contributed by atoms with Crippen LogP contribution in [0, 0.1) is 13.8 Å². The number of hydrogen-bond donors (Lipinski definition) is 1. The zero-order valence-corrected chi connectivity index (χ0v) is 13.7. The van der Waals surface area contributed by atoms with Crippen molar-refractivity contribution in [1.29, 1.82) is 0 Å². The molecule has 114 valence electrons. The van der Waals surface area contributed by atoms with Gasteiger partial charge in [-0.3, -0.25) is 0 Å². The molecule has 2 aromatic rings. The molecule has 0 aliphatic rings. The average Bonchev–Trinajstić information content (AvgIpc) is 2.91. The maximum Gasteiger partial charge on any atom is 0.110 e. The second-order valence-corrected chi connectivity index (χ2v) is 5.70. The highest BCUT2D eigenvalue weighted by Crippen LogP contribution is 2.22. The van der Waals surface area contributed by atoms with E-state index < -0.39 is 0 Å². The van der Waals surface area contributed by atoms with Gasteiger partial charge in [0, 0.05) is 31.4 Å². The Morgan fingerprint density at radius 3 is 2.71 bits per heavy atom. The molecule has 1 aromatic heterocycles. The van der Waals surface area contributed by atoms with Crippen molar-refractivity contribution in [2.24, 2.45) is 0 Å². The first-order valence-corrected chi connectivity index (χ1v) is 7.96. The van der Waals surface area contributed by atoms with Crippen molar-refractivity contribution in [2.45, 2.75) is 53.1 Å². The van der Waals surface area contributed by atoms with Crippen LogP contribution < -0.4 is 5.32 Å². The molecule has 1 atom stereocenters. The molecule has 0 fully saturated rings. The zero-order valence-electron chi connectivity index (χ0n) is 13.7. The summed E-state index contributed by atoms with van der Waals surface area (Å²) in [6.07, 6.45) is 6.04. The molecule has 0 spiro atoms. The van der Waals surface area contributed by atoms with Gasteiger partial charge in [0.2, 0.25) is 0 Å². The van der Waals surface area contributed by atoms with Crippen molar-refractivity contribution in [2.75, 3.05) is 6.54 Å². The predicted molar refractivity (Wildman–Crippen MR) is 88.6 cm³/mol. The third kappa shape index (κ3) is 3.94. The van der Waals surface area contributed by atoms with E-state index in [2.05, 4.69) is 67.0 Å². The highest BCUT2D eigenvalue weighted by molar-refractivity contribution is 5.33. The summed E-state index contributed by atoms with van der Waals surface area (Å²) in [5.74, 6) is 1.16. The third-order valence-corrected chi connectivity index (χ3v) is 3.97. The molecule has 0 saturated heterocycles. The first-order chi connectivity index (χ1) is 10.2. The van der Waals surface area contributed by atoms with Gasteiger partial charge in [-0.15, -0.1) is 0 Å². The first-order valence-electron chi connectivity index (χ1n) is 7.96. The number of benzene rings is 1. The fourth-order valence-electron chi connectivity index (χ4n) is 2.83. The van der Waals surface area contributed by atoms with Crippen LogP contribution in [0.2, 0.25) is 0 Å². The van der Waals surface area contributed by atoms with Crippen LogP contribution >= 0.6 is 0 Å². The number of nitrogens with one attached hydrogen (secondary N) is 1. The molecule has 3 nitrogen and oxygen atoms in total. The summed E-state index contributed by atoms with van der Waals surface area (Å²) >= 11 is 0. The fourth-order valence-corrected chi connectivity index (χ4v) is 2.83. The minimum Gasteiger partial charge on any atom is -0.335 e. The molecule has 0 bridgehead atoms. The third-order valence-electron chi connectivity index (χ3n) is 3.97. The Balaban J connectivity index is 2.25. The van der Waals surface area contributed by atoms with E-state index in [1.165, 1.54) is 16.7 Å². The molecule has 1 unspecified atom stereocenters. The minimum atomic E-state index is 0.332. The van der Waals surface area contributed by atoms with Gasteiger partial charge in [0.05, 0.1) is 0 Å². The molecule has 1 N–H and O–H groups in total. The molecular formula is C18H27N3. The molecule has 0 amide bonds. The second-order valence-electron chi connectivity index (χ2n) is 5.70. The summed E-state index contributed by atoms with van der Waals surface area (Å²) < 4.78 is 2.23. The largest absolute Gasteiger partial charge is 0.335 e. The summed E-state index contributed by atoms with van der Waals surface area (Å²) in [5, 5.41) is 3.68. The van der Waals surface area contributed by atoms with Crippen molar-refractivity contribution >= 4 is 0 Å². The lowest BCUT2D eigenvalue weighted by molar-refractivity contribution is 0.504. The average molecular weight is 285 g/mol. The highest BCUT2D eigenvalue weighted by atomic mass is 15.1. The van der Waals surface area contributed by atoms with Gasteiger partial charge in [-0.05, 0) is 44.9 Å². The van der Waals surface area contributed by atoms with Crippen LogP contribution in [0.25, 0.3) is 0 Å². The van der Waals surface area contributed by atoms with E-state index in [0.29, 0.717) is 6.04 Å². The van der Waals surface area contributed by atoms with Crippen LogP contribution in [0.3, 0.4) is 0 Å². The maximum absolute atomic E-state index is 4.53. The normalized spacial score (nSPS) is 12.6. The topological polar surface area (TPSA) is 29.9 Å². The lowest BCUT2D eigenvalue weighted by Crippen LogP contribution is -2.26. The van der Waals surface area contributed by atoms with Crippen molar-refractivity contribution < 1.29 is 0 Å². The molecular weight excluding hydrogens is 258 g/mol. The van der Waals surface area contributed by atoms with Gasteiger partial charge >= 0.3 is 0 Å². The van der Waals surface area contributed by atoms with Gasteiger partial charge in [0.25, 0.3) is 0 Å². The number of aryl methyl sites for hydroxylation is 3. The number of hydrogen-bond acceptors (Lipinski definition) is 2. The van der Waals surface area contributed by atoms with Crippen LogP contribution in [-0.4, -0.2) is 16.1 Å². The van der Waals surface area contributed by atoms with Gasteiger partial charge in [0.1, 0.15) is 5.82 Å². The van der Waals surface area contributed by atoms with Crippen molar-refractivity contribution in [3.63, 3.8) is 0 Å². The number of rotatable bonds is 7. The lowest BCUT2D eigenvalue weighted by atomic mass is 9.96. The molecule has 0 aliphatic carbocycles. The zero-order chi connectivity index (χ0) is 15.2. The van der Waals surface area contributed by atoms with E-state index in [0.717, 1.165) is 31.8 Å². The Kier molecular flexibility index (Phi) is 5.57. The van der Waals surface area contributed by atoms with E-state index in [9.17, 15) is 0 Å². The van der Waals surface area contributed by atoms with Crippen LogP contribution in [-0.2, 0) is 13.0 Å². The van der Waals surface area contributed by atoms with Crippen molar-refractivity contribution in [3.05, 3.63) is 53.1 Å². The molecule has 0 saturated carbocycles. The van der Waals surface area contributed by atoms with E-state index >= 15 is 0 Å². The molecule has 1 aromatic carbocycles. The molecule has 0 aliphatic heterocycles. The summed E-state index contributed by atoms with van der Waals surface area (Å²) in [6.45, 7) is 10.7. The summed E-state index contributed by atoms with van der Waals surface area (Å²) in [7, 11) is 0. The van der Waals surface area contributed by atoms with Gasteiger partial charge in [-0.1, -0.05) is 30.7 Å². The summed E-state index contributed by atoms with van der Waals surface area (Å²) in [5.41, 5.74) is 4.07. The van der Waals surface area contributed by atoms with Crippen LogP contribution in [0.1, 0.15) is 48.8 Å². The Morgan fingerprint density at radius 2 is 2.05 bits per heavy atom. The quantitative estimate of drug-likeness (QED) is 0.838. The summed E-state index contributed by atoms with van der Waals surface area (Å²) in [4.78, 5) is 4.53. The lowest BCUT2D eigenvalue weighted by Gasteiger charge is -2.21. The molecule has 1 heterocycles. The second kappa shape index (κ2) is 7.41. The van der Waals surface area contributed by atoms with E-state index in [1.807, 2.05) is 6.20 Å². The number of imidazole rings is 1. The molecule has 0 radical (unpaired) electrons. The molecule has 3 heteroatoms. The SMILES string of the molecule is CCCNC(Cc1nccn1CC)c1ccc(C)cc1C. The number of nitrogens with zero attached hydrogens (tertiary/aromatic N) is 2. The van der Waals surface area contributed by atoms with Crippen molar-refractivity contribution in [3.8, 4) is 0 Å².